The minimum absolute atomic E-state index is 0.0973. The summed E-state index contributed by atoms with van der Waals surface area (Å²) >= 11 is 0. The number of nitrogens with zero attached hydrogens (tertiary/aromatic N) is 2. The SMILES string of the molecule is Cc1cc(C)n(C(C)CC(=O)NC(CC(=O)O)c2ccccc2)n1. The van der Waals surface area contributed by atoms with Gasteiger partial charge in [0.05, 0.1) is 24.2 Å². The van der Waals surface area contributed by atoms with Crippen LogP contribution in [0.2, 0.25) is 0 Å². The van der Waals surface area contributed by atoms with Gasteiger partial charge in [0.15, 0.2) is 0 Å². The van der Waals surface area contributed by atoms with Crippen LogP contribution in [0.5, 0.6) is 0 Å². The van der Waals surface area contributed by atoms with E-state index in [1.165, 1.54) is 0 Å². The van der Waals surface area contributed by atoms with Crippen LogP contribution in [-0.2, 0) is 9.59 Å². The quantitative estimate of drug-likeness (QED) is 0.818. The fraction of sp³-hybridized carbons (Fsp3) is 0.389. The number of nitrogens with one attached hydrogen (secondary N) is 1. The third-order valence-electron chi connectivity index (χ3n) is 3.86. The number of carboxylic acid groups (broad SMARTS) is 1. The Morgan fingerprint density at radius 2 is 1.88 bits per heavy atom. The molecule has 0 saturated carbocycles. The first-order chi connectivity index (χ1) is 11.4. The Morgan fingerprint density at radius 1 is 1.21 bits per heavy atom. The van der Waals surface area contributed by atoms with Crippen LogP contribution >= 0.6 is 0 Å². The fourth-order valence-electron chi connectivity index (χ4n) is 2.81. The summed E-state index contributed by atoms with van der Waals surface area (Å²) in [4.78, 5) is 23.5. The Bertz CT molecular complexity index is 710. The Kier molecular flexibility index (Phi) is 5.73. The normalized spacial score (nSPS) is 13.3. The van der Waals surface area contributed by atoms with E-state index in [9.17, 15) is 9.59 Å². The molecular weight excluding hydrogens is 306 g/mol. The van der Waals surface area contributed by atoms with Gasteiger partial charge in [-0.15, -0.1) is 0 Å². The van der Waals surface area contributed by atoms with E-state index in [1.807, 2.05) is 61.9 Å². The fourth-order valence-corrected chi connectivity index (χ4v) is 2.81. The molecule has 0 saturated heterocycles. The minimum atomic E-state index is -0.948. The van der Waals surface area contributed by atoms with Crippen LogP contribution in [0, 0.1) is 13.8 Å². The molecule has 1 aromatic carbocycles. The number of aromatic nitrogens is 2. The molecule has 0 aliphatic heterocycles. The number of hydrogen-bond acceptors (Lipinski definition) is 3. The van der Waals surface area contributed by atoms with Crippen molar-refractivity contribution < 1.29 is 14.7 Å². The maximum atomic E-state index is 12.4. The van der Waals surface area contributed by atoms with Crippen LogP contribution in [0.4, 0.5) is 0 Å². The average Bonchev–Trinajstić information content (AvgIpc) is 2.85. The molecule has 128 valence electrons. The molecule has 1 heterocycles. The molecular formula is C18H23N3O3. The molecule has 2 aromatic rings. The summed E-state index contributed by atoms with van der Waals surface area (Å²) in [6.45, 7) is 5.79. The number of carboxylic acids is 1. The van der Waals surface area contributed by atoms with Gasteiger partial charge in [-0.3, -0.25) is 14.3 Å². The lowest BCUT2D eigenvalue weighted by Gasteiger charge is -2.20. The Hall–Kier alpha value is -2.63. The van der Waals surface area contributed by atoms with Gasteiger partial charge in [-0.2, -0.15) is 5.10 Å². The number of aryl methyl sites for hydroxylation is 2. The highest BCUT2D eigenvalue weighted by Crippen LogP contribution is 2.19. The molecule has 0 aliphatic rings. The van der Waals surface area contributed by atoms with E-state index in [0.29, 0.717) is 0 Å². The summed E-state index contributed by atoms with van der Waals surface area (Å²) in [5.41, 5.74) is 2.69. The molecule has 2 unspecified atom stereocenters. The monoisotopic (exact) mass is 329 g/mol. The zero-order chi connectivity index (χ0) is 17.7. The van der Waals surface area contributed by atoms with Crippen LogP contribution in [0.3, 0.4) is 0 Å². The van der Waals surface area contributed by atoms with Gasteiger partial charge in [0, 0.05) is 12.1 Å². The Labute approximate surface area is 141 Å². The summed E-state index contributed by atoms with van der Waals surface area (Å²) in [7, 11) is 0. The van der Waals surface area contributed by atoms with E-state index in [4.69, 9.17) is 5.11 Å². The Morgan fingerprint density at radius 3 is 2.42 bits per heavy atom. The number of rotatable bonds is 7. The first-order valence-electron chi connectivity index (χ1n) is 7.95. The molecule has 6 nitrogen and oxygen atoms in total. The van der Waals surface area contributed by atoms with Crippen molar-refractivity contribution in [2.45, 2.75) is 45.7 Å². The molecule has 24 heavy (non-hydrogen) atoms. The van der Waals surface area contributed by atoms with E-state index in [-0.39, 0.29) is 24.8 Å². The topological polar surface area (TPSA) is 84.2 Å². The zero-order valence-electron chi connectivity index (χ0n) is 14.2. The number of benzene rings is 1. The Balaban J connectivity index is 2.05. The van der Waals surface area contributed by atoms with Gasteiger partial charge in [-0.05, 0) is 32.4 Å². The van der Waals surface area contributed by atoms with Crippen molar-refractivity contribution in [1.29, 1.82) is 0 Å². The van der Waals surface area contributed by atoms with Crippen molar-refractivity contribution in [2.24, 2.45) is 0 Å². The van der Waals surface area contributed by atoms with Crippen molar-refractivity contribution >= 4 is 11.9 Å². The van der Waals surface area contributed by atoms with E-state index in [1.54, 1.807) is 0 Å². The standard InChI is InChI=1S/C18H23N3O3/c1-12-9-13(2)21(20-12)14(3)10-17(22)19-16(11-18(23)24)15-7-5-4-6-8-15/h4-9,14,16H,10-11H2,1-3H3,(H,19,22)(H,23,24). The molecule has 0 spiro atoms. The molecule has 1 amide bonds. The first-order valence-corrected chi connectivity index (χ1v) is 7.95. The highest BCUT2D eigenvalue weighted by Gasteiger charge is 2.20. The van der Waals surface area contributed by atoms with Gasteiger partial charge in [0.25, 0.3) is 0 Å². The number of aliphatic carboxylic acids is 1. The molecule has 0 bridgehead atoms. The van der Waals surface area contributed by atoms with Crippen LogP contribution in [0.1, 0.15) is 48.8 Å². The van der Waals surface area contributed by atoms with Crippen LogP contribution < -0.4 is 5.32 Å². The second-order valence-corrected chi connectivity index (χ2v) is 6.05. The molecule has 0 radical (unpaired) electrons. The molecule has 2 N–H and O–H groups in total. The summed E-state index contributed by atoms with van der Waals surface area (Å²) in [6, 6.07) is 10.5. The summed E-state index contributed by atoms with van der Waals surface area (Å²) < 4.78 is 1.82. The number of carbonyl (C=O) groups excluding carboxylic acids is 1. The lowest BCUT2D eigenvalue weighted by Crippen LogP contribution is -2.31. The number of hydrogen-bond donors (Lipinski definition) is 2. The maximum absolute atomic E-state index is 12.4. The maximum Gasteiger partial charge on any atom is 0.305 e. The lowest BCUT2D eigenvalue weighted by atomic mass is 10.0. The molecule has 0 aliphatic carbocycles. The summed E-state index contributed by atoms with van der Waals surface area (Å²) in [6.07, 6.45) is 0.0922. The van der Waals surface area contributed by atoms with Gasteiger partial charge < -0.3 is 10.4 Å². The molecule has 2 rings (SSSR count). The lowest BCUT2D eigenvalue weighted by molar-refractivity contribution is -0.137. The van der Waals surface area contributed by atoms with Gasteiger partial charge >= 0.3 is 5.97 Å². The van der Waals surface area contributed by atoms with Gasteiger partial charge in [-0.25, -0.2) is 0 Å². The summed E-state index contributed by atoms with van der Waals surface area (Å²) in [5, 5.41) is 16.3. The first kappa shape index (κ1) is 17.7. The highest BCUT2D eigenvalue weighted by atomic mass is 16.4. The molecule has 1 aromatic heterocycles. The van der Waals surface area contributed by atoms with Crippen LogP contribution in [0.25, 0.3) is 0 Å². The van der Waals surface area contributed by atoms with E-state index < -0.39 is 12.0 Å². The predicted molar refractivity (Wildman–Crippen MR) is 90.6 cm³/mol. The smallest absolute Gasteiger partial charge is 0.305 e. The number of carbonyl (C=O) groups is 2. The van der Waals surface area contributed by atoms with Crippen molar-refractivity contribution in [3.63, 3.8) is 0 Å². The van der Waals surface area contributed by atoms with Crippen molar-refractivity contribution in [3.8, 4) is 0 Å². The minimum Gasteiger partial charge on any atom is -0.481 e. The second-order valence-electron chi connectivity index (χ2n) is 6.05. The molecule has 0 fully saturated rings. The van der Waals surface area contributed by atoms with E-state index in [2.05, 4.69) is 10.4 Å². The summed E-state index contributed by atoms with van der Waals surface area (Å²) in [5.74, 6) is -1.14. The zero-order valence-corrected chi connectivity index (χ0v) is 14.2. The van der Waals surface area contributed by atoms with E-state index >= 15 is 0 Å². The van der Waals surface area contributed by atoms with Gasteiger partial charge in [-0.1, -0.05) is 30.3 Å². The van der Waals surface area contributed by atoms with Crippen molar-refractivity contribution in [3.05, 3.63) is 53.3 Å². The van der Waals surface area contributed by atoms with Gasteiger partial charge in [0.2, 0.25) is 5.91 Å². The molecule has 2 atom stereocenters. The largest absolute Gasteiger partial charge is 0.481 e. The van der Waals surface area contributed by atoms with Crippen molar-refractivity contribution in [1.82, 2.24) is 15.1 Å². The predicted octanol–water partition coefficient (Wildman–Crippen LogP) is 2.78. The second kappa shape index (κ2) is 7.77. The van der Waals surface area contributed by atoms with Crippen LogP contribution in [0.15, 0.2) is 36.4 Å². The third kappa shape index (κ3) is 4.68. The third-order valence-corrected chi connectivity index (χ3v) is 3.86. The number of amides is 1. The van der Waals surface area contributed by atoms with Crippen molar-refractivity contribution in [2.75, 3.05) is 0 Å². The van der Waals surface area contributed by atoms with Gasteiger partial charge in [0.1, 0.15) is 0 Å². The average molecular weight is 329 g/mol. The molecule has 6 heteroatoms. The van der Waals surface area contributed by atoms with Crippen LogP contribution in [-0.4, -0.2) is 26.8 Å². The highest BCUT2D eigenvalue weighted by molar-refractivity contribution is 5.78. The van der Waals surface area contributed by atoms with E-state index in [0.717, 1.165) is 17.0 Å².